The smallest absolute Gasteiger partial charge is 0.265 e. The molecule has 23 heavy (non-hydrogen) atoms. The van der Waals surface area contributed by atoms with Crippen molar-refractivity contribution in [1.29, 1.82) is 0 Å². The first-order valence-corrected chi connectivity index (χ1v) is 9.53. The zero-order valence-electron chi connectivity index (χ0n) is 11.5. The van der Waals surface area contributed by atoms with Gasteiger partial charge in [-0.15, -0.1) is 22.7 Å². The molecule has 10 heteroatoms. The Morgan fingerprint density at radius 3 is 2.70 bits per heavy atom. The normalized spacial score (nSPS) is 11.7. The van der Waals surface area contributed by atoms with Gasteiger partial charge < -0.3 is 10.3 Å². The minimum Gasteiger partial charge on any atom is -0.346 e. The molecular weight excluding hydrogens is 358 g/mol. The van der Waals surface area contributed by atoms with E-state index >= 15 is 0 Å². The van der Waals surface area contributed by atoms with Gasteiger partial charge in [-0.05, 0) is 24.3 Å². The number of fused-ring (bicyclic) bond motifs is 1. The number of carbonyl (C=O) groups excluding carboxylic acids is 1. The SMILES string of the molecule is NS(=O)(=O)c1ccc(CNC(=O)c2cc3cc[nH]c(=O)c3s2)s1. The molecule has 0 aliphatic carbocycles. The van der Waals surface area contributed by atoms with Crippen LogP contribution in [0.25, 0.3) is 10.1 Å². The van der Waals surface area contributed by atoms with Crippen LogP contribution in [-0.4, -0.2) is 19.3 Å². The number of pyridine rings is 1. The van der Waals surface area contributed by atoms with Crippen LogP contribution in [0.2, 0.25) is 0 Å². The predicted octanol–water partition coefficient (Wildman–Crippen LogP) is 1.23. The summed E-state index contributed by atoms with van der Waals surface area (Å²) >= 11 is 2.11. The fraction of sp³-hybridized carbons (Fsp3) is 0.0769. The maximum Gasteiger partial charge on any atom is 0.265 e. The van der Waals surface area contributed by atoms with Crippen molar-refractivity contribution in [2.75, 3.05) is 0 Å². The van der Waals surface area contributed by atoms with Crippen LogP contribution in [-0.2, 0) is 16.6 Å². The maximum atomic E-state index is 12.2. The average molecular weight is 369 g/mol. The van der Waals surface area contributed by atoms with E-state index in [0.29, 0.717) is 19.8 Å². The maximum absolute atomic E-state index is 12.2. The summed E-state index contributed by atoms with van der Waals surface area (Å²) in [4.78, 5) is 27.4. The van der Waals surface area contributed by atoms with Gasteiger partial charge in [-0.3, -0.25) is 9.59 Å². The highest BCUT2D eigenvalue weighted by Crippen LogP contribution is 2.23. The van der Waals surface area contributed by atoms with Crippen LogP contribution in [0.5, 0.6) is 0 Å². The van der Waals surface area contributed by atoms with Crippen molar-refractivity contribution in [3.63, 3.8) is 0 Å². The van der Waals surface area contributed by atoms with Gasteiger partial charge in [0.2, 0.25) is 10.0 Å². The van der Waals surface area contributed by atoms with E-state index in [-0.39, 0.29) is 22.2 Å². The Bertz CT molecular complexity index is 1050. The molecule has 7 nitrogen and oxygen atoms in total. The van der Waals surface area contributed by atoms with E-state index in [9.17, 15) is 18.0 Å². The highest BCUT2D eigenvalue weighted by Gasteiger charge is 2.14. The number of hydrogen-bond donors (Lipinski definition) is 3. The first kappa shape index (κ1) is 15.9. The number of H-pyrrole nitrogens is 1. The number of primary sulfonamides is 1. The summed E-state index contributed by atoms with van der Waals surface area (Å²) in [6.45, 7) is 0.184. The minimum atomic E-state index is -3.73. The Kier molecular flexibility index (Phi) is 4.06. The fourth-order valence-electron chi connectivity index (χ4n) is 1.95. The molecule has 3 heterocycles. The lowest BCUT2D eigenvalue weighted by Crippen LogP contribution is -2.21. The molecule has 0 aromatic carbocycles. The number of nitrogens with two attached hydrogens (primary N) is 1. The van der Waals surface area contributed by atoms with Gasteiger partial charge in [0.15, 0.2) is 0 Å². The number of hydrogen-bond acceptors (Lipinski definition) is 6. The first-order valence-electron chi connectivity index (χ1n) is 6.35. The van der Waals surface area contributed by atoms with Crippen LogP contribution in [0.1, 0.15) is 14.5 Å². The molecule has 3 aromatic rings. The molecule has 4 N–H and O–H groups in total. The Balaban J connectivity index is 1.75. The summed E-state index contributed by atoms with van der Waals surface area (Å²) in [7, 11) is -3.73. The van der Waals surface area contributed by atoms with Crippen LogP contribution in [0.3, 0.4) is 0 Å². The van der Waals surface area contributed by atoms with Crippen molar-refractivity contribution in [1.82, 2.24) is 10.3 Å². The molecule has 0 fully saturated rings. The van der Waals surface area contributed by atoms with Gasteiger partial charge in [-0.1, -0.05) is 0 Å². The first-order chi connectivity index (χ1) is 10.8. The predicted molar refractivity (Wildman–Crippen MR) is 89.3 cm³/mol. The summed E-state index contributed by atoms with van der Waals surface area (Å²) in [5, 5.41) is 8.44. The van der Waals surface area contributed by atoms with Gasteiger partial charge in [-0.25, -0.2) is 13.6 Å². The molecule has 3 aromatic heterocycles. The molecule has 0 aliphatic rings. The Morgan fingerprint density at radius 1 is 1.26 bits per heavy atom. The zero-order chi connectivity index (χ0) is 16.6. The summed E-state index contributed by atoms with van der Waals surface area (Å²) in [5.41, 5.74) is -0.234. The number of aromatic amines is 1. The van der Waals surface area contributed by atoms with Gasteiger partial charge in [0, 0.05) is 16.5 Å². The van der Waals surface area contributed by atoms with Crippen molar-refractivity contribution in [3.05, 3.63) is 50.6 Å². The van der Waals surface area contributed by atoms with Crippen LogP contribution >= 0.6 is 22.7 Å². The standard InChI is InChI=1S/C13H11N3O4S3/c14-23(19,20)10-2-1-8(21-10)6-16-12(17)9-5-7-3-4-15-13(18)11(7)22-9/h1-5H,6H2,(H,15,18)(H,16,17)(H2,14,19,20). The molecule has 0 atom stereocenters. The second kappa shape index (κ2) is 5.89. The molecule has 3 rings (SSSR count). The third-order valence-electron chi connectivity index (χ3n) is 3.01. The topological polar surface area (TPSA) is 122 Å². The van der Waals surface area contributed by atoms with Crippen LogP contribution in [0, 0.1) is 0 Å². The number of rotatable bonds is 4. The van der Waals surface area contributed by atoms with E-state index in [2.05, 4.69) is 10.3 Å². The highest BCUT2D eigenvalue weighted by atomic mass is 32.2. The second-order valence-electron chi connectivity index (χ2n) is 4.65. The summed E-state index contributed by atoms with van der Waals surface area (Å²) in [5.74, 6) is -0.323. The van der Waals surface area contributed by atoms with E-state index in [1.807, 2.05) is 0 Å². The minimum absolute atomic E-state index is 0.0511. The number of thiophene rings is 2. The van der Waals surface area contributed by atoms with Crippen molar-refractivity contribution >= 4 is 48.7 Å². The molecule has 0 saturated carbocycles. The number of sulfonamides is 1. The molecule has 0 bridgehead atoms. The molecule has 0 unspecified atom stereocenters. The molecule has 1 amide bonds. The van der Waals surface area contributed by atoms with Gasteiger partial charge in [0.05, 0.1) is 11.4 Å². The lowest BCUT2D eigenvalue weighted by Gasteiger charge is -2.00. The number of aromatic nitrogens is 1. The van der Waals surface area contributed by atoms with Crippen LogP contribution in [0.15, 0.2) is 39.5 Å². The number of nitrogens with one attached hydrogen (secondary N) is 2. The summed E-state index contributed by atoms with van der Waals surface area (Å²) in [6, 6.07) is 6.37. The fourth-order valence-corrected chi connectivity index (χ4v) is 4.64. The second-order valence-corrected chi connectivity index (χ2v) is 8.66. The Morgan fingerprint density at radius 2 is 2.04 bits per heavy atom. The van der Waals surface area contributed by atoms with E-state index in [0.717, 1.165) is 22.7 Å². The van der Waals surface area contributed by atoms with E-state index in [1.54, 1.807) is 18.2 Å². The summed E-state index contributed by atoms with van der Waals surface area (Å²) < 4.78 is 23.0. The quantitative estimate of drug-likeness (QED) is 0.640. The third-order valence-corrected chi connectivity index (χ3v) is 6.68. The Hall–Kier alpha value is -2.01. The molecule has 0 aliphatic heterocycles. The Labute approximate surface area is 138 Å². The van der Waals surface area contributed by atoms with Gasteiger partial charge in [0.1, 0.15) is 8.91 Å². The van der Waals surface area contributed by atoms with Crippen LogP contribution in [0.4, 0.5) is 0 Å². The molecule has 0 saturated heterocycles. The van der Waals surface area contributed by atoms with Crippen LogP contribution < -0.4 is 16.0 Å². The zero-order valence-corrected chi connectivity index (χ0v) is 14.0. The molecule has 0 spiro atoms. The lowest BCUT2D eigenvalue weighted by molar-refractivity contribution is 0.0955. The largest absolute Gasteiger partial charge is 0.346 e. The van der Waals surface area contributed by atoms with Crippen molar-refractivity contribution in [2.45, 2.75) is 10.8 Å². The third kappa shape index (κ3) is 3.34. The van der Waals surface area contributed by atoms with Crippen molar-refractivity contribution < 1.29 is 13.2 Å². The van der Waals surface area contributed by atoms with Gasteiger partial charge in [-0.2, -0.15) is 0 Å². The van der Waals surface area contributed by atoms with Gasteiger partial charge in [0.25, 0.3) is 11.5 Å². The number of amides is 1. The molecular formula is C13H11N3O4S3. The monoisotopic (exact) mass is 369 g/mol. The lowest BCUT2D eigenvalue weighted by atomic mass is 10.3. The van der Waals surface area contributed by atoms with Crippen molar-refractivity contribution in [2.24, 2.45) is 5.14 Å². The number of carbonyl (C=O) groups is 1. The molecule has 120 valence electrons. The average Bonchev–Trinajstić information content (AvgIpc) is 3.11. The highest BCUT2D eigenvalue weighted by molar-refractivity contribution is 7.91. The van der Waals surface area contributed by atoms with E-state index < -0.39 is 10.0 Å². The van der Waals surface area contributed by atoms with Crippen molar-refractivity contribution in [3.8, 4) is 0 Å². The van der Waals surface area contributed by atoms with Gasteiger partial charge >= 0.3 is 0 Å². The van der Waals surface area contributed by atoms with E-state index in [4.69, 9.17) is 5.14 Å². The summed E-state index contributed by atoms with van der Waals surface area (Å²) in [6.07, 6.45) is 1.53. The molecule has 0 radical (unpaired) electrons. The van der Waals surface area contributed by atoms with E-state index in [1.165, 1.54) is 12.3 Å².